The third-order valence-corrected chi connectivity index (χ3v) is 3.06. The molecule has 1 amide bonds. The van der Waals surface area contributed by atoms with Crippen LogP contribution < -0.4 is 5.32 Å². The van der Waals surface area contributed by atoms with Gasteiger partial charge < -0.3 is 5.32 Å². The number of carbonyl (C=O) groups excluding carboxylic acids is 1. The van der Waals surface area contributed by atoms with Gasteiger partial charge in [0.15, 0.2) is 0 Å². The van der Waals surface area contributed by atoms with E-state index in [4.69, 9.17) is 0 Å². The average Bonchev–Trinajstić information content (AvgIpc) is 2.57. The van der Waals surface area contributed by atoms with Crippen LogP contribution in [0.2, 0.25) is 0 Å². The van der Waals surface area contributed by atoms with E-state index in [0.717, 1.165) is 17.7 Å². The Labute approximate surface area is 96.8 Å². The molecule has 5 heteroatoms. The standard InChI is InChI=1S/C12H12F3NO/c1-7-10(6-11(17)16-7)8-2-4-9(5-3-8)12(13,14)15/h2-5,7,10H,6H2,1H3,(H,16,17). The maximum absolute atomic E-state index is 12.4. The van der Waals surface area contributed by atoms with E-state index in [1.54, 1.807) is 0 Å². The quantitative estimate of drug-likeness (QED) is 0.807. The summed E-state index contributed by atoms with van der Waals surface area (Å²) in [7, 11) is 0. The molecule has 1 saturated heterocycles. The number of amides is 1. The van der Waals surface area contributed by atoms with Crippen molar-refractivity contribution in [1.29, 1.82) is 0 Å². The van der Waals surface area contributed by atoms with Crippen molar-refractivity contribution in [2.24, 2.45) is 0 Å². The normalized spacial score (nSPS) is 24.8. The first-order valence-electron chi connectivity index (χ1n) is 5.34. The molecular formula is C12H12F3NO. The molecule has 0 aliphatic carbocycles. The zero-order valence-corrected chi connectivity index (χ0v) is 9.21. The Balaban J connectivity index is 2.21. The number of nitrogens with one attached hydrogen (secondary N) is 1. The maximum Gasteiger partial charge on any atom is 0.416 e. The van der Waals surface area contributed by atoms with Crippen LogP contribution in [-0.2, 0) is 11.0 Å². The number of hydrogen-bond acceptors (Lipinski definition) is 1. The Morgan fingerprint density at radius 3 is 2.24 bits per heavy atom. The molecule has 1 aromatic carbocycles. The van der Waals surface area contributed by atoms with E-state index in [-0.39, 0.29) is 17.9 Å². The van der Waals surface area contributed by atoms with Crippen LogP contribution in [0, 0.1) is 0 Å². The van der Waals surface area contributed by atoms with Crippen molar-refractivity contribution in [2.45, 2.75) is 31.5 Å². The van der Waals surface area contributed by atoms with E-state index in [9.17, 15) is 18.0 Å². The van der Waals surface area contributed by atoms with E-state index in [2.05, 4.69) is 5.32 Å². The molecule has 2 atom stereocenters. The van der Waals surface area contributed by atoms with Crippen LogP contribution in [0.15, 0.2) is 24.3 Å². The van der Waals surface area contributed by atoms with Crippen LogP contribution in [0.3, 0.4) is 0 Å². The summed E-state index contributed by atoms with van der Waals surface area (Å²) in [6.07, 6.45) is -3.97. The molecule has 1 N–H and O–H groups in total. The molecule has 2 rings (SSSR count). The molecule has 1 fully saturated rings. The maximum atomic E-state index is 12.4. The average molecular weight is 243 g/mol. The number of benzene rings is 1. The van der Waals surface area contributed by atoms with Gasteiger partial charge in [-0.1, -0.05) is 12.1 Å². The number of hydrogen-bond donors (Lipinski definition) is 1. The van der Waals surface area contributed by atoms with Crippen molar-refractivity contribution in [3.05, 3.63) is 35.4 Å². The van der Waals surface area contributed by atoms with Gasteiger partial charge in [-0.25, -0.2) is 0 Å². The van der Waals surface area contributed by atoms with Crippen molar-refractivity contribution >= 4 is 5.91 Å². The van der Waals surface area contributed by atoms with Crippen LogP contribution in [0.1, 0.15) is 30.4 Å². The summed E-state index contributed by atoms with van der Waals surface area (Å²) in [4.78, 5) is 11.2. The van der Waals surface area contributed by atoms with E-state index < -0.39 is 11.7 Å². The first kappa shape index (κ1) is 12.0. The summed E-state index contributed by atoms with van der Waals surface area (Å²) in [5.74, 6) is -0.0906. The summed E-state index contributed by atoms with van der Waals surface area (Å²) >= 11 is 0. The highest BCUT2D eigenvalue weighted by atomic mass is 19.4. The van der Waals surface area contributed by atoms with Crippen molar-refractivity contribution in [3.63, 3.8) is 0 Å². The summed E-state index contributed by atoms with van der Waals surface area (Å²) < 4.78 is 37.1. The molecule has 2 nitrogen and oxygen atoms in total. The Morgan fingerprint density at radius 2 is 1.82 bits per heavy atom. The third-order valence-electron chi connectivity index (χ3n) is 3.06. The highest BCUT2D eigenvalue weighted by Gasteiger charge is 2.32. The predicted molar refractivity (Wildman–Crippen MR) is 56.4 cm³/mol. The second kappa shape index (κ2) is 4.05. The van der Waals surface area contributed by atoms with E-state index in [1.807, 2.05) is 6.92 Å². The molecule has 0 aromatic heterocycles. The van der Waals surface area contributed by atoms with Crippen LogP contribution in [0.5, 0.6) is 0 Å². The first-order chi connectivity index (χ1) is 7.88. The fourth-order valence-electron chi connectivity index (χ4n) is 2.12. The molecule has 17 heavy (non-hydrogen) atoms. The molecule has 1 heterocycles. The van der Waals surface area contributed by atoms with E-state index in [1.165, 1.54) is 12.1 Å². The lowest BCUT2D eigenvalue weighted by atomic mass is 9.92. The zero-order chi connectivity index (χ0) is 12.6. The molecular weight excluding hydrogens is 231 g/mol. The molecule has 2 unspecified atom stereocenters. The van der Waals surface area contributed by atoms with Crippen molar-refractivity contribution < 1.29 is 18.0 Å². The second-order valence-corrected chi connectivity index (χ2v) is 4.29. The van der Waals surface area contributed by atoms with Gasteiger partial charge in [0.1, 0.15) is 0 Å². The fourth-order valence-corrected chi connectivity index (χ4v) is 2.12. The van der Waals surface area contributed by atoms with Gasteiger partial charge in [0.05, 0.1) is 5.56 Å². The van der Waals surface area contributed by atoms with Gasteiger partial charge in [0.25, 0.3) is 0 Å². The van der Waals surface area contributed by atoms with Gasteiger partial charge >= 0.3 is 6.18 Å². The minimum absolute atomic E-state index is 0.0285. The lowest BCUT2D eigenvalue weighted by Crippen LogP contribution is -2.24. The van der Waals surface area contributed by atoms with Crippen molar-refractivity contribution in [3.8, 4) is 0 Å². The van der Waals surface area contributed by atoms with Crippen molar-refractivity contribution in [1.82, 2.24) is 5.32 Å². The summed E-state index contributed by atoms with van der Waals surface area (Å²) in [5.41, 5.74) is 0.107. The van der Waals surface area contributed by atoms with E-state index in [0.29, 0.717) is 6.42 Å². The number of rotatable bonds is 1. The number of carbonyl (C=O) groups is 1. The Kier molecular flexibility index (Phi) is 2.85. The highest BCUT2D eigenvalue weighted by Crippen LogP contribution is 2.32. The Morgan fingerprint density at radius 1 is 1.24 bits per heavy atom. The van der Waals surface area contributed by atoms with Crippen LogP contribution in [0.4, 0.5) is 13.2 Å². The third kappa shape index (κ3) is 2.43. The fraction of sp³-hybridized carbons (Fsp3) is 0.417. The molecule has 1 aromatic rings. The van der Waals surface area contributed by atoms with Crippen LogP contribution in [0.25, 0.3) is 0 Å². The molecule has 92 valence electrons. The number of alkyl halides is 3. The van der Waals surface area contributed by atoms with Gasteiger partial charge in [-0.15, -0.1) is 0 Å². The number of halogens is 3. The first-order valence-corrected chi connectivity index (χ1v) is 5.34. The SMILES string of the molecule is CC1NC(=O)CC1c1ccc(C(F)(F)F)cc1. The van der Waals surface area contributed by atoms with Gasteiger partial charge in [-0.2, -0.15) is 13.2 Å². The minimum atomic E-state index is -4.31. The predicted octanol–water partition coefficient (Wildman–Crippen LogP) is 2.70. The van der Waals surface area contributed by atoms with Crippen LogP contribution >= 0.6 is 0 Å². The summed E-state index contributed by atoms with van der Waals surface area (Å²) in [6, 6.07) is 4.99. The lowest BCUT2D eigenvalue weighted by molar-refractivity contribution is -0.137. The molecule has 0 radical (unpaired) electrons. The van der Waals surface area contributed by atoms with Crippen LogP contribution in [-0.4, -0.2) is 11.9 Å². The monoisotopic (exact) mass is 243 g/mol. The van der Waals surface area contributed by atoms with Gasteiger partial charge in [0, 0.05) is 18.4 Å². The Bertz CT molecular complexity index is 424. The van der Waals surface area contributed by atoms with Gasteiger partial charge in [0.2, 0.25) is 5.91 Å². The Hall–Kier alpha value is -1.52. The topological polar surface area (TPSA) is 29.1 Å². The molecule has 0 bridgehead atoms. The smallest absolute Gasteiger partial charge is 0.353 e. The van der Waals surface area contributed by atoms with E-state index >= 15 is 0 Å². The zero-order valence-electron chi connectivity index (χ0n) is 9.21. The molecule has 1 aliphatic rings. The minimum Gasteiger partial charge on any atom is -0.353 e. The largest absolute Gasteiger partial charge is 0.416 e. The molecule has 0 saturated carbocycles. The summed E-state index contributed by atoms with van der Waals surface area (Å²) in [6.45, 7) is 1.85. The lowest BCUT2D eigenvalue weighted by Gasteiger charge is -2.15. The summed E-state index contributed by atoms with van der Waals surface area (Å²) in [5, 5.41) is 2.75. The van der Waals surface area contributed by atoms with Gasteiger partial charge in [-0.3, -0.25) is 4.79 Å². The van der Waals surface area contributed by atoms with Crippen molar-refractivity contribution in [2.75, 3.05) is 0 Å². The van der Waals surface area contributed by atoms with Gasteiger partial charge in [-0.05, 0) is 24.6 Å². The highest BCUT2D eigenvalue weighted by molar-refractivity contribution is 5.80. The molecule has 0 spiro atoms. The molecule has 1 aliphatic heterocycles. The second-order valence-electron chi connectivity index (χ2n) is 4.29.